The van der Waals surface area contributed by atoms with E-state index in [9.17, 15) is 21.6 Å². The second-order valence-electron chi connectivity index (χ2n) is 3.61. The zero-order valence-corrected chi connectivity index (χ0v) is 10.2. The Balaban J connectivity index is 4.79. The lowest BCUT2D eigenvalue weighted by Gasteiger charge is -2.25. The Labute approximate surface area is 97.7 Å². The standard InChI is InChI=1S/C7H15F3N4O2S/c1-5(2)14(3-6(11)12)17(15,16)13-4-7(8,9)10/h5,13H,3-4H2,1-2H3,(H3,11,12). The third kappa shape index (κ3) is 6.44. The van der Waals surface area contributed by atoms with Gasteiger partial charge in [-0.2, -0.15) is 30.6 Å². The second-order valence-corrected chi connectivity index (χ2v) is 5.31. The van der Waals surface area contributed by atoms with Crippen LogP contribution in [0, 0.1) is 5.41 Å². The third-order valence-corrected chi connectivity index (χ3v) is 3.34. The van der Waals surface area contributed by atoms with Crippen LogP contribution in [-0.2, 0) is 10.2 Å². The highest BCUT2D eigenvalue weighted by molar-refractivity contribution is 7.87. The molecule has 0 atom stereocenters. The summed E-state index contributed by atoms with van der Waals surface area (Å²) in [6.45, 7) is 0.826. The molecule has 0 heterocycles. The molecule has 0 spiro atoms. The minimum absolute atomic E-state index is 0.448. The average Bonchev–Trinajstić information content (AvgIpc) is 2.09. The molecule has 0 aliphatic heterocycles. The molecule has 0 saturated carbocycles. The lowest BCUT2D eigenvalue weighted by atomic mass is 10.4. The van der Waals surface area contributed by atoms with Crippen molar-refractivity contribution < 1.29 is 21.6 Å². The molecule has 0 fully saturated rings. The quantitative estimate of drug-likeness (QED) is 0.471. The number of rotatable bonds is 6. The van der Waals surface area contributed by atoms with Gasteiger partial charge < -0.3 is 5.73 Å². The van der Waals surface area contributed by atoms with E-state index in [1.807, 2.05) is 0 Å². The molecular formula is C7H15F3N4O2S. The van der Waals surface area contributed by atoms with Gasteiger partial charge in [0.05, 0.1) is 6.54 Å². The molecule has 6 nitrogen and oxygen atoms in total. The molecule has 0 aliphatic rings. The highest BCUT2D eigenvalue weighted by Gasteiger charge is 2.32. The van der Waals surface area contributed by atoms with Gasteiger partial charge in [0.15, 0.2) is 0 Å². The van der Waals surface area contributed by atoms with Crippen LogP contribution in [0.2, 0.25) is 0 Å². The number of nitrogens with two attached hydrogens (primary N) is 1. The van der Waals surface area contributed by atoms with Crippen LogP contribution in [0.4, 0.5) is 13.2 Å². The minimum atomic E-state index is -4.63. The Bertz CT molecular complexity index is 366. The molecule has 0 rings (SSSR count). The smallest absolute Gasteiger partial charge is 0.387 e. The number of hydrogen-bond acceptors (Lipinski definition) is 3. The zero-order chi connectivity index (χ0) is 13.9. The number of nitrogens with one attached hydrogen (secondary N) is 2. The van der Waals surface area contributed by atoms with E-state index in [2.05, 4.69) is 0 Å². The van der Waals surface area contributed by atoms with Gasteiger partial charge in [-0.1, -0.05) is 0 Å². The van der Waals surface area contributed by atoms with Crippen LogP contribution in [0.3, 0.4) is 0 Å². The van der Waals surface area contributed by atoms with E-state index in [1.54, 1.807) is 0 Å². The molecule has 0 aliphatic carbocycles. The Morgan fingerprint density at radius 1 is 1.47 bits per heavy atom. The first-order valence-electron chi connectivity index (χ1n) is 4.62. The lowest BCUT2D eigenvalue weighted by Crippen LogP contribution is -2.49. The van der Waals surface area contributed by atoms with Gasteiger partial charge in [-0.3, -0.25) is 5.41 Å². The van der Waals surface area contributed by atoms with Gasteiger partial charge in [0.25, 0.3) is 10.2 Å². The summed E-state index contributed by atoms with van der Waals surface area (Å²) in [5.41, 5.74) is 5.04. The van der Waals surface area contributed by atoms with E-state index < -0.39 is 41.4 Å². The third-order valence-electron chi connectivity index (χ3n) is 1.67. The molecule has 0 aromatic carbocycles. The number of hydrogen-bond donors (Lipinski definition) is 3. The van der Waals surface area contributed by atoms with Crippen molar-refractivity contribution in [1.82, 2.24) is 9.03 Å². The Morgan fingerprint density at radius 2 is 1.94 bits per heavy atom. The van der Waals surface area contributed by atoms with Crippen molar-refractivity contribution in [3.05, 3.63) is 0 Å². The van der Waals surface area contributed by atoms with Gasteiger partial charge >= 0.3 is 6.18 Å². The molecule has 0 unspecified atom stereocenters. The van der Waals surface area contributed by atoms with Gasteiger partial charge in [0.2, 0.25) is 0 Å². The molecular weight excluding hydrogens is 261 g/mol. The molecule has 4 N–H and O–H groups in total. The summed E-state index contributed by atoms with van der Waals surface area (Å²) in [5, 5.41) is 6.97. The van der Waals surface area contributed by atoms with Gasteiger partial charge in [-0.25, -0.2) is 0 Å². The van der Waals surface area contributed by atoms with Crippen molar-refractivity contribution in [1.29, 1.82) is 5.41 Å². The monoisotopic (exact) mass is 276 g/mol. The number of halogens is 3. The number of alkyl halides is 3. The van der Waals surface area contributed by atoms with E-state index >= 15 is 0 Å². The first-order valence-corrected chi connectivity index (χ1v) is 6.06. The van der Waals surface area contributed by atoms with Gasteiger partial charge in [-0.15, -0.1) is 0 Å². The van der Waals surface area contributed by atoms with E-state index in [-0.39, 0.29) is 0 Å². The molecule has 0 bridgehead atoms. The summed E-state index contributed by atoms with van der Waals surface area (Å²) in [6.07, 6.45) is -4.63. The largest absolute Gasteiger partial charge is 0.402 e. The summed E-state index contributed by atoms with van der Waals surface area (Å²) in [5.74, 6) is -0.448. The fourth-order valence-corrected chi connectivity index (χ4v) is 2.34. The first kappa shape index (κ1) is 16.1. The summed E-state index contributed by atoms with van der Waals surface area (Å²) in [7, 11) is -4.31. The highest BCUT2D eigenvalue weighted by atomic mass is 32.2. The van der Waals surface area contributed by atoms with Crippen molar-refractivity contribution in [2.45, 2.75) is 26.1 Å². The molecule has 0 saturated heterocycles. The van der Waals surface area contributed by atoms with E-state index in [1.165, 1.54) is 18.6 Å². The molecule has 17 heavy (non-hydrogen) atoms. The van der Waals surface area contributed by atoms with Crippen molar-refractivity contribution in [3.8, 4) is 0 Å². The van der Waals surface area contributed by atoms with Crippen LogP contribution in [0.25, 0.3) is 0 Å². The minimum Gasteiger partial charge on any atom is -0.387 e. The van der Waals surface area contributed by atoms with Crippen molar-refractivity contribution in [2.24, 2.45) is 5.73 Å². The molecule has 10 heteroatoms. The van der Waals surface area contributed by atoms with E-state index in [0.29, 0.717) is 4.31 Å². The van der Waals surface area contributed by atoms with E-state index in [0.717, 1.165) is 0 Å². The summed E-state index contributed by atoms with van der Waals surface area (Å²) < 4.78 is 60.8. The van der Waals surface area contributed by atoms with Gasteiger partial charge in [-0.05, 0) is 13.8 Å². The van der Waals surface area contributed by atoms with Crippen LogP contribution in [0.15, 0.2) is 0 Å². The fraction of sp³-hybridized carbons (Fsp3) is 0.857. The topological polar surface area (TPSA) is 99.3 Å². The first-order chi connectivity index (χ1) is 7.46. The van der Waals surface area contributed by atoms with Crippen LogP contribution in [0.5, 0.6) is 0 Å². The normalized spacial score (nSPS) is 13.4. The van der Waals surface area contributed by atoms with Crippen LogP contribution in [-0.4, -0.2) is 43.9 Å². The van der Waals surface area contributed by atoms with Crippen LogP contribution >= 0.6 is 0 Å². The Morgan fingerprint density at radius 3 is 2.24 bits per heavy atom. The lowest BCUT2D eigenvalue weighted by molar-refractivity contribution is -0.121. The Hall–Kier alpha value is -0.870. The second kappa shape index (κ2) is 5.65. The Kier molecular flexibility index (Phi) is 5.36. The van der Waals surface area contributed by atoms with Crippen LogP contribution < -0.4 is 10.5 Å². The predicted molar refractivity (Wildman–Crippen MR) is 56.7 cm³/mol. The SMILES string of the molecule is CC(C)N(CC(=N)N)S(=O)(=O)NCC(F)(F)F. The molecule has 0 amide bonds. The van der Waals surface area contributed by atoms with Crippen molar-refractivity contribution in [2.75, 3.05) is 13.1 Å². The number of nitrogens with zero attached hydrogens (tertiary/aromatic N) is 1. The van der Waals surface area contributed by atoms with E-state index in [4.69, 9.17) is 11.1 Å². The molecule has 0 radical (unpaired) electrons. The van der Waals surface area contributed by atoms with Crippen molar-refractivity contribution >= 4 is 16.0 Å². The fourth-order valence-electron chi connectivity index (χ4n) is 0.969. The summed E-state index contributed by atoms with van der Waals surface area (Å²) in [4.78, 5) is 0. The number of amidine groups is 1. The maximum Gasteiger partial charge on any atom is 0.402 e. The molecule has 0 aromatic rings. The molecule has 0 aromatic heterocycles. The summed E-state index contributed by atoms with van der Waals surface area (Å²) >= 11 is 0. The van der Waals surface area contributed by atoms with Gasteiger partial charge in [0, 0.05) is 6.04 Å². The molecule has 102 valence electrons. The van der Waals surface area contributed by atoms with Crippen LogP contribution in [0.1, 0.15) is 13.8 Å². The zero-order valence-electron chi connectivity index (χ0n) is 9.37. The highest BCUT2D eigenvalue weighted by Crippen LogP contribution is 2.14. The predicted octanol–water partition coefficient (Wildman–Crippen LogP) is 0.0295. The maximum absolute atomic E-state index is 11.9. The van der Waals surface area contributed by atoms with Crippen molar-refractivity contribution in [3.63, 3.8) is 0 Å². The average molecular weight is 276 g/mol. The van der Waals surface area contributed by atoms with Gasteiger partial charge in [0.1, 0.15) is 12.4 Å². The maximum atomic E-state index is 11.9. The summed E-state index contributed by atoms with van der Waals surface area (Å²) in [6, 6.07) is -0.607.